The lowest BCUT2D eigenvalue weighted by atomic mass is 10.2. The summed E-state index contributed by atoms with van der Waals surface area (Å²) in [6.07, 6.45) is 1.03. The number of ether oxygens (including phenoxy) is 1. The van der Waals surface area contributed by atoms with Crippen molar-refractivity contribution in [2.75, 3.05) is 25.1 Å². The van der Waals surface area contributed by atoms with Crippen LogP contribution in [0.5, 0.6) is 0 Å². The average Bonchev–Trinajstić information content (AvgIpc) is 2.30. The Hall–Kier alpha value is -1.24. The zero-order chi connectivity index (χ0) is 11.8. The third-order valence-corrected chi connectivity index (χ3v) is 2.32. The fourth-order valence-corrected chi connectivity index (χ4v) is 1.48. The molecule has 0 saturated heterocycles. The van der Waals surface area contributed by atoms with E-state index in [1.807, 2.05) is 6.07 Å². The topological polar surface area (TPSA) is 45.0 Å². The van der Waals surface area contributed by atoms with Gasteiger partial charge < -0.3 is 10.1 Å². The number of hydrogen-bond acceptors (Lipinski definition) is 3. The van der Waals surface area contributed by atoms with E-state index in [1.54, 1.807) is 18.2 Å². The third kappa shape index (κ3) is 4.09. The van der Waals surface area contributed by atoms with Crippen LogP contribution in [0.1, 0.15) is 18.9 Å². The van der Waals surface area contributed by atoms with Crippen LogP contribution in [0.3, 0.4) is 0 Å². The molecule has 0 heterocycles. The van der Waals surface area contributed by atoms with Crippen molar-refractivity contribution in [1.29, 1.82) is 5.26 Å². The SMILES string of the molecule is CCCOCCNc1ccc(C#N)cc1Cl. The lowest BCUT2D eigenvalue weighted by Gasteiger charge is -2.08. The number of halogens is 1. The Kier molecular flexibility index (Phi) is 5.69. The van der Waals surface area contributed by atoms with E-state index in [2.05, 4.69) is 12.2 Å². The second kappa shape index (κ2) is 7.10. The highest BCUT2D eigenvalue weighted by atomic mass is 35.5. The Morgan fingerprint density at radius 2 is 2.25 bits per heavy atom. The maximum absolute atomic E-state index is 8.68. The van der Waals surface area contributed by atoms with Crippen molar-refractivity contribution in [3.8, 4) is 6.07 Å². The highest BCUT2D eigenvalue weighted by molar-refractivity contribution is 6.33. The summed E-state index contributed by atoms with van der Waals surface area (Å²) in [4.78, 5) is 0. The van der Waals surface area contributed by atoms with Crippen LogP contribution in [0.15, 0.2) is 18.2 Å². The molecular weight excluding hydrogens is 224 g/mol. The predicted octanol–water partition coefficient (Wildman–Crippen LogP) is 3.05. The second-order valence-corrected chi connectivity index (χ2v) is 3.75. The van der Waals surface area contributed by atoms with Crippen molar-refractivity contribution < 1.29 is 4.74 Å². The first-order valence-corrected chi connectivity index (χ1v) is 5.67. The smallest absolute Gasteiger partial charge is 0.0992 e. The fourth-order valence-electron chi connectivity index (χ4n) is 1.23. The van der Waals surface area contributed by atoms with Crippen LogP contribution in [0.25, 0.3) is 0 Å². The van der Waals surface area contributed by atoms with Crippen molar-refractivity contribution >= 4 is 17.3 Å². The molecular formula is C12H15ClN2O. The van der Waals surface area contributed by atoms with Gasteiger partial charge in [0.2, 0.25) is 0 Å². The van der Waals surface area contributed by atoms with Crippen molar-refractivity contribution in [3.63, 3.8) is 0 Å². The first kappa shape index (κ1) is 12.8. The number of nitriles is 1. The zero-order valence-electron chi connectivity index (χ0n) is 9.29. The van der Waals surface area contributed by atoms with Gasteiger partial charge in [-0.25, -0.2) is 0 Å². The zero-order valence-corrected chi connectivity index (χ0v) is 10.0. The molecule has 3 nitrogen and oxygen atoms in total. The second-order valence-electron chi connectivity index (χ2n) is 3.35. The molecule has 4 heteroatoms. The van der Waals surface area contributed by atoms with Crippen LogP contribution < -0.4 is 5.32 Å². The Morgan fingerprint density at radius 1 is 1.44 bits per heavy atom. The summed E-state index contributed by atoms with van der Waals surface area (Å²) in [5.41, 5.74) is 1.40. The molecule has 0 spiro atoms. The molecule has 0 bridgehead atoms. The molecule has 0 aliphatic heterocycles. The highest BCUT2D eigenvalue weighted by Gasteiger charge is 2.00. The van der Waals surface area contributed by atoms with Gasteiger partial charge in [-0.05, 0) is 24.6 Å². The molecule has 1 aromatic carbocycles. The summed E-state index contributed by atoms with van der Waals surface area (Å²) in [5.74, 6) is 0. The molecule has 0 unspecified atom stereocenters. The number of nitrogens with zero attached hydrogens (tertiary/aromatic N) is 1. The van der Waals surface area contributed by atoms with Crippen molar-refractivity contribution in [2.45, 2.75) is 13.3 Å². The van der Waals surface area contributed by atoms with Crippen LogP contribution in [0, 0.1) is 11.3 Å². The fraction of sp³-hybridized carbons (Fsp3) is 0.417. The van der Waals surface area contributed by atoms with Crippen molar-refractivity contribution in [3.05, 3.63) is 28.8 Å². The Bertz CT molecular complexity index is 374. The van der Waals surface area contributed by atoms with Crippen molar-refractivity contribution in [1.82, 2.24) is 0 Å². The van der Waals surface area contributed by atoms with E-state index in [0.717, 1.165) is 18.7 Å². The molecule has 86 valence electrons. The molecule has 1 N–H and O–H groups in total. The molecule has 0 fully saturated rings. The number of benzene rings is 1. The van der Waals surface area contributed by atoms with Crippen LogP contribution in [-0.2, 0) is 4.74 Å². The van der Waals surface area contributed by atoms with E-state index in [1.165, 1.54) is 0 Å². The predicted molar refractivity (Wildman–Crippen MR) is 65.8 cm³/mol. The van der Waals surface area contributed by atoms with Gasteiger partial charge >= 0.3 is 0 Å². The van der Waals surface area contributed by atoms with Gasteiger partial charge in [-0.15, -0.1) is 0 Å². The molecule has 1 aromatic rings. The third-order valence-electron chi connectivity index (χ3n) is 2.01. The van der Waals surface area contributed by atoms with Gasteiger partial charge in [-0.3, -0.25) is 0 Å². The average molecular weight is 239 g/mol. The summed E-state index contributed by atoms with van der Waals surface area (Å²) >= 11 is 5.99. The van der Waals surface area contributed by atoms with Crippen LogP contribution >= 0.6 is 11.6 Å². The van der Waals surface area contributed by atoms with Crippen molar-refractivity contribution in [2.24, 2.45) is 0 Å². The molecule has 0 saturated carbocycles. The van der Waals surface area contributed by atoms with Gasteiger partial charge in [-0.1, -0.05) is 18.5 Å². The van der Waals surface area contributed by atoms with E-state index in [0.29, 0.717) is 23.7 Å². The van der Waals surface area contributed by atoms with E-state index < -0.39 is 0 Å². The van der Waals surface area contributed by atoms with Gasteiger partial charge in [0.1, 0.15) is 0 Å². The van der Waals surface area contributed by atoms with E-state index >= 15 is 0 Å². The normalized spacial score (nSPS) is 9.81. The lowest BCUT2D eigenvalue weighted by Crippen LogP contribution is -2.10. The molecule has 1 rings (SSSR count). The molecule has 0 radical (unpaired) electrons. The van der Waals surface area contributed by atoms with Gasteiger partial charge in [0, 0.05) is 13.2 Å². The first-order valence-electron chi connectivity index (χ1n) is 5.29. The van der Waals surface area contributed by atoms with Gasteiger partial charge in [0.05, 0.1) is 28.9 Å². The van der Waals surface area contributed by atoms with E-state index in [-0.39, 0.29) is 0 Å². The summed E-state index contributed by atoms with van der Waals surface area (Å²) in [7, 11) is 0. The minimum atomic E-state index is 0.564. The Balaban J connectivity index is 2.40. The summed E-state index contributed by atoms with van der Waals surface area (Å²) in [6, 6.07) is 7.24. The maximum atomic E-state index is 8.68. The first-order chi connectivity index (χ1) is 7.77. The monoisotopic (exact) mass is 238 g/mol. The quantitative estimate of drug-likeness (QED) is 0.775. The van der Waals surface area contributed by atoms with Crippen LogP contribution in [-0.4, -0.2) is 19.8 Å². The maximum Gasteiger partial charge on any atom is 0.0992 e. The van der Waals surface area contributed by atoms with Gasteiger partial charge in [0.15, 0.2) is 0 Å². The highest BCUT2D eigenvalue weighted by Crippen LogP contribution is 2.22. The lowest BCUT2D eigenvalue weighted by molar-refractivity contribution is 0.144. The van der Waals surface area contributed by atoms with Gasteiger partial charge in [-0.2, -0.15) is 5.26 Å². The molecule has 16 heavy (non-hydrogen) atoms. The minimum absolute atomic E-state index is 0.564. The summed E-state index contributed by atoms with van der Waals surface area (Å²) in [6.45, 7) is 4.23. The molecule has 0 amide bonds. The Morgan fingerprint density at radius 3 is 2.88 bits per heavy atom. The number of hydrogen-bond donors (Lipinski definition) is 1. The molecule has 0 aromatic heterocycles. The summed E-state index contributed by atoms with van der Waals surface area (Å²) < 4.78 is 5.33. The Labute approximate surface area is 101 Å². The molecule has 0 aliphatic rings. The standard InChI is InChI=1S/C12H15ClN2O/c1-2-6-16-7-5-15-12-4-3-10(9-14)8-11(12)13/h3-4,8,15H,2,5-7H2,1H3. The minimum Gasteiger partial charge on any atom is -0.382 e. The van der Waals surface area contributed by atoms with Crippen LogP contribution in [0.4, 0.5) is 5.69 Å². The molecule has 0 aliphatic carbocycles. The largest absolute Gasteiger partial charge is 0.382 e. The molecule has 0 atom stereocenters. The van der Waals surface area contributed by atoms with E-state index in [4.69, 9.17) is 21.6 Å². The number of nitrogens with one attached hydrogen (secondary N) is 1. The number of rotatable bonds is 6. The van der Waals surface area contributed by atoms with E-state index in [9.17, 15) is 0 Å². The number of anilines is 1. The van der Waals surface area contributed by atoms with Gasteiger partial charge in [0.25, 0.3) is 0 Å². The van der Waals surface area contributed by atoms with Crippen LogP contribution in [0.2, 0.25) is 5.02 Å². The summed E-state index contributed by atoms with van der Waals surface area (Å²) in [5, 5.41) is 12.4.